The number of methoxy groups -OCH3 is 1. The normalized spacial score (nSPS) is 17.6. The van der Waals surface area contributed by atoms with Crippen LogP contribution in [-0.4, -0.2) is 18.5 Å². The molecule has 1 aromatic carbocycles. The summed E-state index contributed by atoms with van der Waals surface area (Å²) in [6.45, 7) is 0. The maximum atomic E-state index is 13.4. The molecule has 0 spiro atoms. The topological polar surface area (TPSA) is 26.3 Å². The Balaban J connectivity index is 2.15. The quantitative estimate of drug-likeness (QED) is 0.808. The summed E-state index contributed by atoms with van der Waals surface area (Å²) < 4.78 is 31.6. The average Bonchev–Trinajstić information content (AvgIpc) is 2.23. The van der Waals surface area contributed by atoms with Crippen LogP contribution in [0.25, 0.3) is 0 Å². The Morgan fingerprint density at radius 3 is 2.65 bits per heavy atom. The van der Waals surface area contributed by atoms with E-state index in [4.69, 9.17) is 4.74 Å². The lowest BCUT2D eigenvalue weighted by molar-refractivity contribution is -0.151. The van der Waals surface area contributed by atoms with Crippen LogP contribution in [0.4, 0.5) is 8.78 Å². The number of ketones is 1. The molecule has 0 radical (unpaired) electrons. The van der Waals surface area contributed by atoms with Gasteiger partial charge < -0.3 is 4.74 Å². The highest BCUT2D eigenvalue weighted by Crippen LogP contribution is 2.36. The Morgan fingerprint density at radius 1 is 1.41 bits per heavy atom. The van der Waals surface area contributed by atoms with E-state index in [1.54, 1.807) is 0 Å². The fourth-order valence-electron chi connectivity index (χ4n) is 2.11. The molecule has 0 heterocycles. The maximum absolute atomic E-state index is 13.4. The molecule has 4 heteroatoms. The summed E-state index contributed by atoms with van der Waals surface area (Å²) in [7, 11) is 1.49. The summed E-state index contributed by atoms with van der Waals surface area (Å²) >= 11 is 0. The third-order valence-corrected chi connectivity index (χ3v) is 3.42. The van der Waals surface area contributed by atoms with Gasteiger partial charge in [-0.3, -0.25) is 4.79 Å². The number of carbonyl (C=O) groups is 1. The lowest BCUT2D eigenvalue weighted by atomic mass is 9.75. The lowest BCUT2D eigenvalue weighted by Crippen LogP contribution is -2.47. The highest BCUT2D eigenvalue weighted by atomic mass is 19.1. The second-order valence-electron chi connectivity index (χ2n) is 4.39. The van der Waals surface area contributed by atoms with Crippen LogP contribution in [0.3, 0.4) is 0 Å². The summed E-state index contributed by atoms with van der Waals surface area (Å²) in [5.41, 5.74) is -0.669. The van der Waals surface area contributed by atoms with E-state index in [1.165, 1.54) is 7.11 Å². The van der Waals surface area contributed by atoms with Gasteiger partial charge in [-0.2, -0.15) is 0 Å². The van der Waals surface area contributed by atoms with Crippen LogP contribution >= 0.6 is 0 Å². The van der Waals surface area contributed by atoms with Gasteiger partial charge in [0.1, 0.15) is 17.2 Å². The van der Waals surface area contributed by atoms with Crippen molar-refractivity contribution in [1.29, 1.82) is 0 Å². The van der Waals surface area contributed by atoms with Gasteiger partial charge in [0, 0.05) is 13.5 Å². The second kappa shape index (κ2) is 4.53. The van der Waals surface area contributed by atoms with Crippen molar-refractivity contribution >= 4 is 5.78 Å². The minimum atomic E-state index is -0.765. The average molecular weight is 240 g/mol. The van der Waals surface area contributed by atoms with Gasteiger partial charge in [-0.1, -0.05) is 0 Å². The number of ether oxygens (including phenoxy) is 1. The van der Waals surface area contributed by atoms with Crippen molar-refractivity contribution in [3.05, 3.63) is 35.4 Å². The number of halogens is 2. The van der Waals surface area contributed by atoms with Crippen molar-refractivity contribution in [2.24, 2.45) is 0 Å². The standard InChI is InChI=1S/C13H14F2O2/c1-17-13(5-2-6-13)12(16)8-9-7-10(14)3-4-11(9)15/h3-4,7H,2,5-6,8H2,1H3. The molecule has 2 nitrogen and oxygen atoms in total. The number of carbonyl (C=O) groups excluding carboxylic acids is 1. The largest absolute Gasteiger partial charge is 0.370 e. The molecule has 0 atom stereocenters. The molecule has 92 valence electrons. The summed E-state index contributed by atoms with van der Waals surface area (Å²) in [6.07, 6.45) is 2.15. The van der Waals surface area contributed by atoms with Crippen molar-refractivity contribution in [2.45, 2.75) is 31.3 Å². The van der Waals surface area contributed by atoms with Crippen molar-refractivity contribution in [1.82, 2.24) is 0 Å². The molecule has 0 unspecified atom stereocenters. The van der Waals surface area contributed by atoms with Crippen LogP contribution in [0.15, 0.2) is 18.2 Å². The van der Waals surface area contributed by atoms with Crippen LogP contribution in [0, 0.1) is 11.6 Å². The fourth-order valence-corrected chi connectivity index (χ4v) is 2.11. The highest BCUT2D eigenvalue weighted by molar-refractivity contribution is 5.90. The maximum Gasteiger partial charge on any atom is 0.169 e. The Morgan fingerprint density at radius 2 is 2.12 bits per heavy atom. The van der Waals surface area contributed by atoms with Crippen molar-refractivity contribution in [3.63, 3.8) is 0 Å². The first-order chi connectivity index (χ1) is 8.07. The molecule has 1 saturated carbocycles. The van der Waals surface area contributed by atoms with Gasteiger partial charge in [-0.05, 0) is 43.0 Å². The molecule has 0 aromatic heterocycles. The number of hydrogen-bond acceptors (Lipinski definition) is 2. The van der Waals surface area contributed by atoms with Gasteiger partial charge in [0.2, 0.25) is 0 Å². The number of benzene rings is 1. The van der Waals surface area contributed by atoms with Gasteiger partial charge in [-0.15, -0.1) is 0 Å². The minimum Gasteiger partial charge on any atom is -0.370 e. The minimum absolute atomic E-state index is 0.0957. The van der Waals surface area contributed by atoms with E-state index in [-0.39, 0.29) is 17.8 Å². The molecule has 0 bridgehead atoms. The third-order valence-electron chi connectivity index (χ3n) is 3.42. The first-order valence-electron chi connectivity index (χ1n) is 5.60. The summed E-state index contributed by atoms with van der Waals surface area (Å²) in [5, 5.41) is 0. The molecule has 0 aliphatic heterocycles. The van der Waals surface area contributed by atoms with E-state index in [2.05, 4.69) is 0 Å². The zero-order valence-corrected chi connectivity index (χ0v) is 9.63. The predicted molar refractivity (Wildman–Crippen MR) is 58.7 cm³/mol. The molecular formula is C13H14F2O2. The first kappa shape index (κ1) is 12.2. The molecule has 0 saturated heterocycles. The summed E-state index contributed by atoms with van der Waals surface area (Å²) in [4.78, 5) is 12.0. The van der Waals surface area contributed by atoms with Gasteiger partial charge in [0.25, 0.3) is 0 Å². The number of rotatable bonds is 4. The fraction of sp³-hybridized carbons (Fsp3) is 0.462. The van der Waals surface area contributed by atoms with Crippen LogP contribution in [0.2, 0.25) is 0 Å². The lowest BCUT2D eigenvalue weighted by Gasteiger charge is -2.38. The van der Waals surface area contributed by atoms with Crippen LogP contribution < -0.4 is 0 Å². The van der Waals surface area contributed by atoms with Crippen molar-refractivity contribution < 1.29 is 18.3 Å². The first-order valence-corrected chi connectivity index (χ1v) is 5.60. The van der Waals surface area contributed by atoms with E-state index in [9.17, 15) is 13.6 Å². The molecule has 1 fully saturated rings. The Hall–Kier alpha value is -1.29. The molecule has 1 aromatic rings. The molecule has 1 aliphatic rings. The Bertz CT molecular complexity index is 434. The number of hydrogen-bond donors (Lipinski definition) is 0. The van der Waals surface area contributed by atoms with Crippen LogP contribution in [0.5, 0.6) is 0 Å². The summed E-state index contributed by atoms with van der Waals surface area (Å²) in [6, 6.07) is 3.15. The van der Waals surface area contributed by atoms with E-state index in [1.807, 2.05) is 0 Å². The molecule has 0 amide bonds. The van der Waals surface area contributed by atoms with E-state index >= 15 is 0 Å². The SMILES string of the molecule is COC1(C(=O)Cc2cc(F)ccc2F)CCC1. The summed E-state index contributed by atoms with van der Waals surface area (Å²) in [5.74, 6) is -1.25. The van der Waals surface area contributed by atoms with Crippen LogP contribution in [-0.2, 0) is 16.0 Å². The zero-order chi connectivity index (χ0) is 12.5. The second-order valence-corrected chi connectivity index (χ2v) is 4.39. The molecular weight excluding hydrogens is 226 g/mol. The van der Waals surface area contributed by atoms with E-state index in [0.717, 1.165) is 24.6 Å². The van der Waals surface area contributed by atoms with Gasteiger partial charge in [0.05, 0.1) is 0 Å². The Kier molecular flexibility index (Phi) is 3.24. The molecule has 1 aliphatic carbocycles. The molecule has 2 rings (SSSR count). The van der Waals surface area contributed by atoms with Gasteiger partial charge >= 0.3 is 0 Å². The van der Waals surface area contributed by atoms with Gasteiger partial charge in [-0.25, -0.2) is 8.78 Å². The van der Waals surface area contributed by atoms with Crippen LogP contribution in [0.1, 0.15) is 24.8 Å². The van der Waals surface area contributed by atoms with E-state index < -0.39 is 17.2 Å². The molecule has 0 N–H and O–H groups in total. The molecule has 17 heavy (non-hydrogen) atoms. The Labute approximate surface area is 98.6 Å². The van der Waals surface area contributed by atoms with Crippen molar-refractivity contribution in [3.8, 4) is 0 Å². The smallest absolute Gasteiger partial charge is 0.169 e. The van der Waals surface area contributed by atoms with Crippen molar-refractivity contribution in [2.75, 3.05) is 7.11 Å². The zero-order valence-electron chi connectivity index (χ0n) is 9.63. The number of Topliss-reactive ketones (excluding diaryl/α,β-unsaturated/α-hetero) is 1. The van der Waals surface area contributed by atoms with E-state index in [0.29, 0.717) is 12.8 Å². The predicted octanol–water partition coefficient (Wildman–Crippen LogP) is 2.65. The highest BCUT2D eigenvalue weighted by Gasteiger charge is 2.43. The monoisotopic (exact) mass is 240 g/mol. The van der Waals surface area contributed by atoms with Gasteiger partial charge in [0.15, 0.2) is 5.78 Å². The third kappa shape index (κ3) is 2.22.